The minimum Gasteiger partial charge on any atom is -0.399 e. The maximum Gasteiger partial charge on any atom is 0.319 e. The van der Waals surface area contributed by atoms with E-state index in [0.29, 0.717) is 11.7 Å². The number of amides is 2. The summed E-state index contributed by atoms with van der Waals surface area (Å²) in [5.41, 5.74) is 7.04. The van der Waals surface area contributed by atoms with Crippen LogP contribution in [0.4, 0.5) is 16.2 Å². The van der Waals surface area contributed by atoms with Crippen molar-refractivity contribution in [2.75, 3.05) is 22.6 Å². The number of carbonyl (C=O) groups is 1. The fourth-order valence-corrected chi connectivity index (χ4v) is 2.87. The molecule has 1 fully saturated rings. The van der Waals surface area contributed by atoms with E-state index < -0.39 is 0 Å². The van der Waals surface area contributed by atoms with E-state index in [0.717, 1.165) is 30.0 Å². The van der Waals surface area contributed by atoms with Gasteiger partial charge in [0.25, 0.3) is 0 Å². The Morgan fingerprint density at radius 3 is 2.53 bits per heavy atom. The molecule has 0 spiro atoms. The first-order valence-corrected chi connectivity index (χ1v) is 6.90. The second-order valence-electron chi connectivity index (χ2n) is 4.11. The maximum atomic E-state index is 11.7. The number of nitrogens with one attached hydrogen (secondary N) is 2. The van der Waals surface area contributed by atoms with E-state index in [9.17, 15) is 4.79 Å². The highest BCUT2D eigenvalue weighted by atomic mass is 32.2. The van der Waals surface area contributed by atoms with E-state index in [2.05, 4.69) is 10.6 Å². The number of rotatable bonds is 2. The summed E-state index contributed by atoms with van der Waals surface area (Å²) in [5, 5.41) is 5.79. The van der Waals surface area contributed by atoms with Crippen LogP contribution in [-0.4, -0.2) is 23.6 Å². The lowest BCUT2D eigenvalue weighted by Gasteiger charge is -2.22. The van der Waals surface area contributed by atoms with Crippen molar-refractivity contribution in [3.63, 3.8) is 0 Å². The van der Waals surface area contributed by atoms with Crippen LogP contribution in [0.1, 0.15) is 12.8 Å². The summed E-state index contributed by atoms with van der Waals surface area (Å²) in [6.45, 7) is 0. The van der Waals surface area contributed by atoms with E-state index in [1.54, 1.807) is 24.3 Å². The van der Waals surface area contributed by atoms with Crippen molar-refractivity contribution >= 4 is 29.2 Å². The maximum absolute atomic E-state index is 11.7. The summed E-state index contributed by atoms with van der Waals surface area (Å²) < 4.78 is 0. The van der Waals surface area contributed by atoms with Gasteiger partial charge in [-0.05, 0) is 48.6 Å². The lowest BCUT2D eigenvalue weighted by molar-refractivity contribution is 0.247. The molecule has 17 heavy (non-hydrogen) atoms. The van der Waals surface area contributed by atoms with Gasteiger partial charge in [0.1, 0.15) is 0 Å². The van der Waals surface area contributed by atoms with Gasteiger partial charge in [0.15, 0.2) is 0 Å². The number of hydrogen-bond acceptors (Lipinski definition) is 3. The summed E-state index contributed by atoms with van der Waals surface area (Å²) in [6.07, 6.45) is 2.11. The zero-order valence-electron chi connectivity index (χ0n) is 9.61. The van der Waals surface area contributed by atoms with Crippen molar-refractivity contribution in [3.8, 4) is 0 Å². The van der Waals surface area contributed by atoms with Gasteiger partial charge in [-0.1, -0.05) is 0 Å². The SMILES string of the molecule is Nc1ccc(NC(=O)NC2CCSCC2)cc1. The summed E-state index contributed by atoms with van der Waals surface area (Å²) in [7, 11) is 0. The molecule has 0 aliphatic carbocycles. The monoisotopic (exact) mass is 251 g/mol. The van der Waals surface area contributed by atoms with Gasteiger partial charge in [-0.2, -0.15) is 11.8 Å². The van der Waals surface area contributed by atoms with Gasteiger partial charge in [0, 0.05) is 17.4 Å². The second-order valence-corrected chi connectivity index (χ2v) is 5.33. The topological polar surface area (TPSA) is 67.1 Å². The highest BCUT2D eigenvalue weighted by molar-refractivity contribution is 7.99. The molecule has 0 saturated carbocycles. The Hall–Kier alpha value is -1.36. The average molecular weight is 251 g/mol. The molecule has 4 N–H and O–H groups in total. The molecule has 5 heteroatoms. The van der Waals surface area contributed by atoms with E-state index in [-0.39, 0.29) is 6.03 Å². The van der Waals surface area contributed by atoms with Gasteiger partial charge in [0.2, 0.25) is 0 Å². The number of anilines is 2. The Morgan fingerprint density at radius 2 is 1.88 bits per heavy atom. The molecule has 0 aromatic heterocycles. The molecule has 4 nitrogen and oxygen atoms in total. The molecular weight excluding hydrogens is 234 g/mol. The van der Waals surface area contributed by atoms with Crippen LogP contribution in [0.25, 0.3) is 0 Å². The van der Waals surface area contributed by atoms with Gasteiger partial charge in [-0.25, -0.2) is 4.79 Å². The molecule has 1 aliphatic rings. The summed E-state index contributed by atoms with van der Waals surface area (Å²) in [4.78, 5) is 11.7. The van der Waals surface area contributed by atoms with Gasteiger partial charge < -0.3 is 16.4 Å². The highest BCUT2D eigenvalue weighted by Gasteiger charge is 2.15. The Balaban J connectivity index is 1.82. The molecule has 1 saturated heterocycles. The molecule has 1 aromatic carbocycles. The zero-order chi connectivity index (χ0) is 12.1. The van der Waals surface area contributed by atoms with E-state index in [4.69, 9.17) is 5.73 Å². The number of benzene rings is 1. The van der Waals surface area contributed by atoms with Crippen LogP contribution >= 0.6 is 11.8 Å². The molecule has 2 rings (SSSR count). The summed E-state index contributed by atoms with van der Waals surface area (Å²) in [6, 6.07) is 7.31. The van der Waals surface area contributed by atoms with Gasteiger partial charge in [-0.3, -0.25) is 0 Å². The van der Waals surface area contributed by atoms with Crippen molar-refractivity contribution in [1.82, 2.24) is 5.32 Å². The lowest BCUT2D eigenvalue weighted by atomic mass is 10.2. The van der Waals surface area contributed by atoms with Crippen molar-refractivity contribution in [2.24, 2.45) is 0 Å². The minimum absolute atomic E-state index is 0.133. The third kappa shape index (κ3) is 3.85. The molecule has 2 amide bonds. The Kier molecular flexibility index (Phi) is 4.14. The van der Waals surface area contributed by atoms with E-state index in [1.807, 2.05) is 11.8 Å². The number of carbonyl (C=O) groups excluding carboxylic acids is 1. The van der Waals surface area contributed by atoms with E-state index in [1.165, 1.54) is 0 Å². The Labute approximate surface area is 105 Å². The first-order valence-electron chi connectivity index (χ1n) is 5.75. The second kappa shape index (κ2) is 5.82. The van der Waals surface area contributed by atoms with Crippen LogP contribution in [0.5, 0.6) is 0 Å². The average Bonchev–Trinajstić information content (AvgIpc) is 2.33. The van der Waals surface area contributed by atoms with Crippen LogP contribution in [0.3, 0.4) is 0 Å². The third-order valence-electron chi connectivity index (χ3n) is 2.73. The third-order valence-corrected chi connectivity index (χ3v) is 3.77. The summed E-state index contributed by atoms with van der Waals surface area (Å²) >= 11 is 1.95. The molecule has 92 valence electrons. The van der Waals surface area contributed by atoms with Crippen molar-refractivity contribution in [1.29, 1.82) is 0 Å². The van der Waals surface area contributed by atoms with E-state index >= 15 is 0 Å². The van der Waals surface area contributed by atoms with Gasteiger partial charge in [-0.15, -0.1) is 0 Å². The number of nitrogens with two attached hydrogens (primary N) is 1. The number of hydrogen-bond donors (Lipinski definition) is 3. The Morgan fingerprint density at radius 1 is 1.24 bits per heavy atom. The molecule has 1 aliphatic heterocycles. The molecule has 1 aromatic rings. The number of thioether (sulfide) groups is 1. The minimum atomic E-state index is -0.133. The van der Waals surface area contributed by atoms with Crippen LogP contribution in [0, 0.1) is 0 Å². The predicted octanol–water partition coefficient (Wildman–Crippen LogP) is 2.29. The first-order chi connectivity index (χ1) is 8.24. The Bertz CT molecular complexity index is 374. The van der Waals surface area contributed by atoms with Gasteiger partial charge in [0.05, 0.1) is 0 Å². The molecule has 0 radical (unpaired) electrons. The normalized spacial score (nSPS) is 16.5. The van der Waals surface area contributed by atoms with Crippen LogP contribution in [0.15, 0.2) is 24.3 Å². The molecule has 0 unspecified atom stereocenters. The quantitative estimate of drug-likeness (QED) is 0.706. The largest absolute Gasteiger partial charge is 0.399 e. The molecule has 0 atom stereocenters. The first kappa shape index (κ1) is 12.1. The van der Waals surface area contributed by atoms with Crippen molar-refractivity contribution < 1.29 is 4.79 Å². The van der Waals surface area contributed by atoms with Crippen molar-refractivity contribution in [2.45, 2.75) is 18.9 Å². The van der Waals surface area contributed by atoms with Crippen LogP contribution in [-0.2, 0) is 0 Å². The fourth-order valence-electron chi connectivity index (χ4n) is 1.76. The molecule has 1 heterocycles. The number of urea groups is 1. The number of nitrogen functional groups attached to an aromatic ring is 1. The predicted molar refractivity (Wildman–Crippen MR) is 73.4 cm³/mol. The van der Waals surface area contributed by atoms with Crippen molar-refractivity contribution in [3.05, 3.63) is 24.3 Å². The standard InChI is InChI=1S/C12H17N3OS/c13-9-1-3-10(4-2-9)14-12(16)15-11-5-7-17-8-6-11/h1-4,11H,5-8,13H2,(H2,14,15,16). The lowest BCUT2D eigenvalue weighted by Crippen LogP contribution is -2.39. The molecule has 0 bridgehead atoms. The van der Waals surface area contributed by atoms with Crippen LogP contribution in [0.2, 0.25) is 0 Å². The van der Waals surface area contributed by atoms with Gasteiger partial charge >= 0.3 is 6.03 Å². The smallest absolute Gasteiger partial charge is 0.319 e. The summed E-state index contributed by atoms with van der Waals surface area (Å²) in [5.74, 6) is 2.26. The fraction of sp³-hybridized carbons (Fsp3) is 0.417. The zero-order valence-corrected chi connectivity index (χ0v) is 10.4. The molecular formula is C12H17N3OS. The van der Waals surface area contributed by atoms with Crippen LogP contribution < -0.4 is 16.4 Å². The highest BCUT2D eigenvalue weighted by Crippen LogP contribution is 2.17.